The monoisotopic (exact) mass is 260 g/mol. The van der Waals surface area contributed by atoms with Crippen molar-refractivity contribution in [2.45, 2.75) is 0 Å². The van der Waals surface area contributed by atoms with Gasteiger partial charge in [-0.3, -0.25) is 0 Å². The van der Waals surface area contributed by atoms with Gasteiger partial charge >= 0.3 is 5.97 Å². The molecule has 1 aromatic heterocycles. The molecule has 0 spiro atoms. The summed E-state index contributed by atoms with van der Waals surface area (Å²) in [6.07, 6.45) is 1.25. The number of ether oxygens (including phenoxy) is 2. The standard InChI is InChI=1S/C13H12N2O4/c1-18-8-3-2-4-9(5-8)19-12-6-10(13(16)17)11(14)7-15-12/h2-7H,14H2,1H3,(H,16,17). The van der Waals surface area contributed by atoms with Crippen LogP contribution in [0.25, 0.3) is 0 Å². The summed E-state index contributed by atoms with van der Waals surface area (Å²) in [7, 11) is 1.54. The summed E-state index contributed by atoms with van der Waals surface area (Å²) in [4.78, 5) is 14.9. The molecule has 2 rings (SSSR count). The molecule has 0 aliphatic carbocycles. The third kappa shape index (κ3) is 2.92. The van der Waals surface area contributed by atoms with Crippen LogP contribution >= 0.6 is 0 Å². The summed E-state index contributed by atoms with van der Waals surface area (Å²) in [6, 6.07) is 8.17. The fraction of sp³-hybridized carbons (Fsp3) is 0.0769. The van der Waals surface area contributed by atoms with Gasteiger partial charge in [0.25, 0.3) is 0 Å². The molecule has 0 bridgehead atoms. The molecule has 2 aromatic rings. The van der Waals surface area contributed by atoms with Crippen molar-refractivity contribution in [2.75, 3.05) is 12.8 Å². The number of aromatic nitrogens is 1. The molecule has 0 aliphatic heterocycles. The number of pyridine rings is 1. The zero-order valence-corrected chi connectivity index (χ0v) is 10.2. The summed E-state index contributed by atoms with van der Waals surface area (Å²) in [6.45, 7) is 0. The quantitative estimate of drug-likeness (QED) is 0.874. The van der Waals surface area contributed by atoms with Gasteiger partial charge in [-0.2, -0.15) is 0 Å². The van der Waals surface area contributed by atoms with E-state index in [1.807, 2.05) is 0 Å². The number of nitrogen functional groups attached to an aromatic ring is 1. The summed E-state index contributed by atoms with van der Waals surface area (Å²) >= 11 is 0. The van der Waals surface area contributed by atoms with Crippen molar-refractivity contribution in [1.82, 2.24) is 4.98 Å². The number of carboxylic acid groups (broad SMARTS) is 1. The number of hydrogen-bond donors (Lipinski definition) is 2. The Labute approximate surface area is 109 Å². The second-order valence-corrected chi connectivity index (χ2v) is 3.70. The number of benzene rings is 1. The van der Waals surface area contributed by atoms with Crippen molar-refractivity contribution in [2.24, 2.45) is 0 Å². The Balaban J connectivity index is 2.28. The highest BCUT2D eigenvalue weighted by Gasteiger charge is 2.11. The largest absolute Gasteiger partial charge is 0.497 e. The number of nitrogens with two attached hydrogens (primary N) is 1. The van der Waals surface area contributed by atoms with Gasteiger partial charge in [-0.1, -0.05) is 6.07 Å². The zero-order chi connectivity index (χ0) is 13.8. The van der Waals surface area contributed by atoms with Crippen LogP contribution in [0.2, 0.25) is 0 Å². The van der Waals surface area contributed by atoms with E-state index in [0.29, 0.717) is 11.5 Å². The molecule has 0 unspecified atom stereocenters. The van der Waals surface area contributed by atoms with E-state index in [-0.39, 0.29) is 17.1 Å². The molecule has 1 heterocycles. The average Bonchev–Trinajstić information content (AvgIpc) is 2.41. The van der Waals surface area contributed by atoms with Crippen LogP contribution in [-0.2, 0) is 0 Å². The Hall–Kier alpha value is -2.76. The van der Waals surface area contributed by atoms with E-state index in [2.05, 4.69) is 4.98 Å². The van der Waals surface area contributed by atoms with Crippen molar-refractivity contribution < 1.29 is 19.4 Å². The fourth-order valence-corrected chi connectivity index (χ4v) is 1.47. The van der Waals surface area contributed by atoms with Crippen molar-refractivity contribution in [3.63, 3.8) is 0 Å². The molecular weight excluding hydrogens is 248 g/mol. The lowest BCUT2D eigenvalue weighted by molar-refractivity contribution is 0.0697. The number of aromatic carboxylic acids is 1. The van der Waals surface area contributed by atoms with Crippen LogP contribution in [0.5, 0.6) is 17.4 Å². The van der Waals surface area contributed by atoms with Crippen molar-refractivity contribution in [1.29, 1.82) is 0 Å². The van der Waals surface area contributed by atoms with E-state index in [4.69, 9.17) is 20.3 Å². The lowest BCUT2D eigenvalue weighted by atomic mass is 10.2. The molecule has 0 amide bonds. The maximum atomic E-state index is 10.9. The highest BCUT2D eigenvalue weighted by molar-refractivity contribution is 5.93. The van der Waals surface area contributed by atoms with Gasteiger partial charge < -0.3 is 20.3 Å². The zero-order valence-electron chi connectivity index (χ0n) is 10.2. The van der Waals surface area contributed by atoms with Gasteiger partial charge in [-0.15, -0.1) is 0 Å². The number of rotatable bonds is 4. The van der Waals surface area contributed by atoms with E-state index < -0.39 is 5.97 Å². The van der Waals surface area contributed by atoms with E-state index in [0.717, 1.165) is 0 Å². The van der Waals surface area contributed by atoms with Gasteiger partial charge in [0.05, 0.1) is 24.6 Å². The minimum Gasteiger partial charge on any atom is -0.497 e. The first-order valence-corrected chi connectivity index (χ1v) is 5.41. The molecule has 1 aromatic carbocycles. The maximum absolute atomic E-state index is 10.9. The molecule has 0 radical (unpaired) electrons. The predicted octanol–water partition coefficient (Wildman–Crippen LogP) is 2.16. The molecule has 0 fully saturated rings. The van der Waals surface area contributed by atoms with Gasteiger partial charge in [0.2, 0.25) is 5.88 Å². The average molecular weight is 260 g/mol. The minimum atomic E-state index is -1.13. The Morgan fingerprint density at radius 3 is 2.74 bits per heavy atom. The predicted molar refractivity (Wildman–Crippen MR) is 68.7 cm³/mol. The summed E-state index contributed by atoms with van der Waals surface area (Å²) in [5.74, 6) is 0.148. The Kier molecular flexibility index (Phi) is 3.51. The number of nitrogens with zero attached hydrogens (tertiary/aromatic N) is 1. The number of methoxy groups -OCH3 is 1. The molecule has 98 valence electrons. The van der Waals surface area contributed by atoms with Crippen LogP contribution in [0.3, 0.4) is 0 Å². The summed E-state index contributed by atoms with van der Waals surface area (Å²) in [5, 5.41) is 8.96. The fourth-order valence-electron chi connectivity index (χ4n) is 1.47. The van der Waals surface area contributed by atoms with E-state index in [9.17, 15) is 4.79 Å². The highest BCUT2D eigenvalue weighted by atomic mass is 16.5. The first-order chi connectivity index (χ1) is 9.10. The van der Waals surface area contributed by atoms with Crippen LogP contribution in [0.15, 0.2) is 36.5 Å². The van der Waals surface area contributed by atoms with Gasteiger partial charge in [-0.25, -0.2) is 9.78 Å². The van der Waals surface area contributed by atoms with Gasteiger partial charge in [-0.05, 0) is 12.1 Å². The molecule has 19 heavy (non-hydrogen) atoms. The van der Waals surface area contributed by atoms with Crippen LogP contribution in [0.4, 0.5) is 5.69 Å². The molecule has 6 heteroatoms. The normalized spacial score (nSPS) is 9.95. The smallest absolute Gasteiger partial charge is 0.338 e. The first kappa shape index (κ1) is 12.7. The minimum absolute atomic E-state index is 0.0482. The first-order valence-electron chi connectivity index (χ1n) is 5.41. The molecule has 0 aliphatic rings. The Morgan fingerprint density at radius 1 is 1.32 bits per heavy atom. The molecule has 6 nitrogen and oxygen atoms in total. The van der Waals surface area contributed by atoms with E-state index in [1.54, 1.807) is 31.4 Å². The number of carboxylic acids is 1. The lowest BCUT2D eigenvalue weighted by Crippen LogP contribution is -2.03. The maximum Gasteiger partial charge on any atom is 0.338 e. The second kappa shape index (κ2) is 5.26. The lowest BCUT2D eigenvalue weighted by Gasteiger charge is -2.08. The third-order valence-electron chi connectivity index (χ3n) is 2.40. The molecule has 3 N–H and O–H groups in total. The molecule has 0 saturated heterocycles. The van der Waals surface area contributed by atoms with Crippen LogP contribution in [-0.4, -0.2) is 23.2 Å². The highest BCUT2D eigenvalue weighted by Crippen LogP contribution is 2.25. The molecule has 0 saturated carbocycles. The number of carbonyl (C=O) groups is 1. The van der Waals surface area contributed by atoms with E-state index in [1.165, 1.54) is 12.3 Å². The van der Waals surface area contributed by atoms with Crippen LogP contribution in [0.1, 0.15) is 10.4 Å². The number of anilines is 1. The van der Waals surface area contributed by atoms with Crippen LogP contribution in [0, 0.1) is 0 Å². The Bertz CT molecular complexity index is 613. The summed E-state index contributed by atoms with van der Waals surface area (Å²) < 4.78 is 10.5. The van der Waals surface area contributed by atoms with Crippen LogP contribution < -0.4 is 15.2 Å². The van der Waals surface area contributed by atoms with Crippen molar-refractivity contribution in [3.05, 3.63) is 42.1 Å². The van der Waals surface area contributed by atoms with Crippen molar-refractivity contribution >= 4 is 11.7 Å². The third-order valence-corrected chi connectivity index (χ3v) is 2.40. The molecular formula is C13H12N2O4. The Morgan fingerprint density at radius 2 is 2.05 bits per heavy atom. The van der Waals surface area contributed by atoms with Crippen molar-refractivity contribution in [3.8, 4) is 17.4 Å². The topological polar surface area (TPSA) is 94.7 Å². The van der Waals surface area contributed by atoms with E-state index >= 15 is 0 Å². The van der Waals surface area contributed by atoms with Gasteiger partial charge in [0.1, 0.15) is 11.5 Å². The second-order valence-electron chi connectivity index (χ2n) is 3.70. The summed E-state index contributed by atoms with van der Waals surface area (Å²) in [5.41, 5.74) is 5.55. The number of hydrogen-bond acceptors (Lipinski definition) is 5. The van der Waals surface area contributed by atoms with Gasteiger partial charge in [0, 0.05) is 12.1 Å². The van der Waals surface area contributed by atoms with Gasteiger partial charge in [0.15, 0.2) is 0 Å². The molecule has 0 atom stereocenters. The SMILES string of the molecule is COc1cccc(Oc2cc(C(=O)O)c(N)cn2)c1.